The van der Waals surface area contributed by atoms with E-state index in [4.69, 9.17) is 0 Å². The Morgan fingerprint density at radius 1 is 1.24 bits per heavy atom. The highest BCUT2D eigenvalue weighted by molar-refractivity contribution is 5.96. The molecule has 2 aromatic heterocycles. The Morgan fingerprint density at radius 2 is 2.14 bits per heavy atom. The van der Waals surface area contributed by atoms with E-state index in [2.05, 4.69) is 20.3 Å². The van der Waals surface area contributed by atoms with Crippen molar-refractivity contribution in [2.45, 2.75) is 6.42 Å². The van der Waals surface area contributed by atoms with E-state index < -0.39 is 4.92 Å². The van der Waals surface area contributed by atoms with Gasteiger partial charge in [-0.25, -0.2) is 9.97 Å². The number of aromatic amines is 1. The molecule has 3 rings (SSSR count). The highest BCUT2D eigenvalue weighted by atomic mass is 16.6. The van der Waals surface area contributed by atoms with E-state index in [9.17, 15) is 10.1 Å². The predicted molar refractivity (Wildman–Crippen MR) is 79.2 cm³/mol. The number of imidazole rings is 1. The van der Waals surface area contributed by atoms with E-state index in [1.165, 1.54) is 6.07 Å². The Kier molecular flexibility index (Phi) is 3.46. The van der Waals surface area contributed by atoms with Gasteiger partial charge in [0.25, 0.3) is 5.69 Å². The third-order valence-corrected chi connectivity index (χ3v) is 3.18. The molecule has 3 aromatic rings. The number of anilines is 1. The summed E-state index contributed by atoms with van der Waals surface area (Å²) in [5.41, 5.74) is 1.24. The predicted octanol–water partition coefficient (Wildman–Crippen LogP) is 2.52. The van der Waals surface area contributed by atoms with Crippen LogP contribution in [0.4, 0.5) is 11.4 Å². The van der Waals surface area contributed by atoms with E-state index in [1.54, 1.807) is 30.7 Å². The molecule has 0 spiro atoms. The van der Waals surface area contributed by atoms with E-state index in [0.29, 0.717) is 12.1 Å². The Bertz CT molecular complexity index is 770. The molecule has 0 unspecified atom stereocenters. The summed E-state index contributed by atoms with van der Waals surface area (Å²) in [6.45, 7) is 0.676. The fourth-order valence-corrected chi connectivity index (χ4v) is 2.21. The molecule has 2 heterocycles. The number of non-ortho nitro benzene ring substituents is 1. The molecule has 0 saturated heterocycles. The summed E-state index contributed by atoms with van der Waals surface area (Å²) in [6.07, 6.45) is 5.79. The van der Waals surface area contributed by atoms with Crippen molar-refractivity contribution in [2.75, 3.05) is 11.9 Å². The quantitative estimate of drug-likeness (QED) is 0.554. The lowest BCUT2D eigenvalue weighted by Gasteiger charge is -2.09. The third-order valence-electron chi connectivity index (χ3n) is 3.18. The van der Waals surface area contributed by atoms with Crippen molar-refractivity contribution in [3.05, 3.63) is 58.8 Å². The number of nitrogens with zero attached hydrogens (tertiary/aromatic N) is 3. The maximum atomic E-state index is 11.0. The lowest BCUT2D eigenvalue weighted by molar-refractivity contribution is -0.383. The number of hydrogen-bond donors (Lipinski definition) is 2. The second-order valence-corrected chi connectivity index (χ2v) is 4.50. The van der Waals surface area contributed by atoms with E-state index in [-0.39, 0.29) is 5.69 Å². The fraction of sp³-hybridized carbons (Fsp3) is 0.143. The Hall–Kier alpha value is -2.96. The minimum atomic E-state index is -0.415. The normalized spacial score (nSPS) is 10.7. The maximum Gasteiger partial charge on any atom is 0.295 e. The van der Waals surface area contributed by atoms with Gasteiger partial charge in [-0.05, 0) is 18.2 Å². The van der Waals surface area contributed by atoms with Crippen molar-refractivity contribution >= 4 is 22.3 Å². The highest BCUT2D eigenvalue weighted by Gasteiger charge is 2.14. The second-order valence-electron chi connectivity index (χ2n) is 4.50. The molecule has 2 N–H and O–H groups in total. The summed E-state index contributed by atoms with van der Waals surface area (Å²) in [5, 5.41) is 15.0. The van der Waals surface area contributed by atoms with Crippen LogP contribution in [-0.4, -0.2) is 26.4 Å². The zero-order chi connectivity index (χ0) is 14.7. The average molecular weight is 283 g/mol. The molecule has 0 saturated carbocycles. The first-order chi connectivity index (χ1) is 10.3. The van der Waals surface area contributed by atoms with Gasteiger partial charge in [-0.15, -0.1) is 0 Å². The standard InChI is InChI=1S/C14H13N5O2/c20-19(21)12-4-3-11(10-2-1-6-18-14(10)12)15-7-5-13-16-8-9-17-13/h1-4,6,8-9,15H,5,7H2,(H,16,17). The van der Waals surface area contributed by atoms with Gasteiger partial charge >= 0.3 is 0 Å². The lowest BCUT2D eigenvalue weighted by atomic mass is 10.1. The van der Waals surface area contributed by atoms with Crippen LogP contribution in [0.5, 0.6) is 0 Å². The zero-order valence-electron chi connectivity index (χ0n) is 11.1. The molecule has 106 valence electrons. The van der Waals surface area contributed by atoms with Crippen molar-refractivity contribution in [1.82, 2.24) is 15.0 Å². The summed E-state index contributed by atoms with van der Waals surface area (Å²) in [7, 11) is 0. The molecular weight excluding hydrogens is 270 g/mol. The van der Waals surface area contributed by atoms with Crippen LogP contribution in [0, 0.1) is 10.1 Å². The molecule has 1 aromatic carbocycles. The number of nitro benzene ring substituents is 1. The van der Waals surface area contributed by atoms with Crippen molar-refractivity contribution in [3.8, 4) is 0 Å². The van der Waals surface area contributed by atoms with Crippen LogP contribution in [0.2, 0.25) is 0 Å². The molecule has 0 amide bonds. The van der Waals surface area contributed by atoms with Gasteiger partial charge in [0.2, 0.25) is 0 Å². The van der Waals surface area contributed by atoms with Crippen molar-refractivity contribution in [3.63, 3.8) is 0 Å². The van der Waals surface area contributed by atoms with E-state index >= 15 is 0 Å². The maximum absolute atomic E-state index is 11.0. The van der Waals surface area contributed by atoms with E-state index in [1.807, 2.05) is 6.07 Å². The van der Waals surface area contributed by atoms with Gasteiger partial charge in [0, 0.05) is 48.7 Å². The lowest BCUT2D eigenvalue weighted by Crippen LogP contribution is -2.06. The molecule has 0 atom stereocenters. The summed E-state index contributed by atoms with van der Waals surface area (Å²) in [5.74, 6) is 0.895. The van der Waals surface area contributed by atoms with E-state index in [0.717, 1.165) is 23.3 Å². The van der Waals surface area contributed by atoms with Crippen molar-refractivity contribution in [1.29, 1.82) is 0 Å². The number of pyridine rings is 1. The number of rotatable bonds is 5. The van der Waals surface area contributed by atoms with Gasteiger partial charge in [0.15, 0.2) is 0 Å². The number of nitro groups is 1. The van der Waals surface area contributed by atoms with Gasteiger partial charge in [-0.3, -0.25) is 10.1 Å². The number of benzene rings is 1. The Labute approximate surface area is 120 Å². The topological polar surface area (TPSA) is 96.7 Å². The SMILES string of the molecule is O=[N+]([O-])c1ccc(NCCc2ncc[nH]2)c2cccnc12. The Morgan fingerprint density at radius 3 is 2.90 bits per heavy atom. The molecule has 0 radical (unpaired) electrons. The van der Waals surface area contributed by atoms with Crippen molar-refractivity contribution < 1.29 is 4.92 Å². The number of aromatic nitrogens is 3. The first-order valence-electron chi connectivity index (χ1n) is 6.50. The number of hydrogen-bond acceptors (Lipinski definition) is 5. The molecular formula is C14H13N5O2. The molecule has 0 fully saturated rings. The van der Waals surface area contributed by atoms with Crippen LogP contribution in [-0.2, 0) is 6.42 Å². The van der Waals surface area contributed by atoms with Crippen LogP contribution in [0.25, 0.3) is 10.9 Å². The summed E-state index contributed by atoms with van der Waals surface area (Å²) in [6, 6.07) is 6.78. The van der Waals surface area contributed by atoms with Crippen LogP contribution in [0.1, 0.15) is 5.82 Å². The van der Waals surface area contributed by atoms with Gasteiger partial charge in [-0.1, -0.05) is 0 Å². The Balaban J connectivity index is 1.85. The first-order valence-corrected chi connectivity index (χ1v) is 6.50. The number of H-pyrrole nitrogens is 1. The van der Waals surface area contributed by atoms with Crippen molar-refractivity contribution in [2.24, 2.45) is 0 Å². The molecule has 0 aliphatic rings. The van der Waals surface area contributed by atoms with Gasteiger partial charge < -0.3 is 10.3 Å². The highest BCUT2D eigenvalue weighted by Crippen LogP contribution is 2.29. The number of nitrogens with one attached hydrogen (secondary N) is 2. The van der Waals surface area contributed by atoms with Gasteiger partial charge in [0.05, 0.1) is 4.92 Å². The van der Waals surface area contributed by atoms with Crippen LogP contribution >= 0.6 is 0 Å². The molecule has 0 bridgehead atoms. The average Bonchev–Trinajstić information content (AvgIpc) is 3.00. The smallest absolute Gasteiger partial charge is 0.295 e. The monoisotopic (exact) mass is 283 g/mol. The van der Waals surface area contributed by atoms with Gasteiger partial charge in [0.1, 0.15) is 11.3 Å². The molecule has 21 heavy (non-hydrogen) atoms. The minimum Gasteiger partial charge on any atom is -0.384 e. The zero-order valence-corrected chi connectivity index (χ0v) is 11.1. The minimum absolute atomic E-state index is 0.0159. The molecule has 7 nitrogen and oxygen atoms in total. The summed E-state index contributed by atoms with van der Waals surface area (Å²) < 4.78 is 0. The summed E-state index contributed by atoms with van der Waals surface area (Å²) in [4.78, 5) is 21.9. The van der Waals surface area contributed by atoms with Crippen LogP contribution < -0.4 is 5.32 Å². The van der Waals surface area contributed by atoms with Crippen LogP contribution in [0.3, 0.4) is 0 Å². The molecule has 0 aliphatic heterocycles. The molecule has 7 heteroatoms. The van der Waals surface area contributed by atoms with Crippen LogP contribution in [0.15, 0.2) is 42.9 Å². The largest absolute Gasteiger partial charge is 0.384 e. The number of fused-ring (bicyclic) bond motifs is 1. The summed E-state index contributed by atoms with van der Waals surface area (Å²) >= 11 is 0. The second kappa shape index (κ2) is 5.58. The fourth-order valence-electron chi connectivity index (χ4n) is 2.21. The van der Waals surface area contributed by atoms with Gasteiger partial charge in [-0.2, -0.15) is 0 Å². The third kappa shape index (κ3) is 2.66. The first kappa shape index (κ1) is 13.0. The molecule has 0 aliphatic carbocycles.